The third-order valence-corrected chi connectivity index (χ3v) is 9.56. The lowest BCUT2D eigenvalue weighted by Gasteiger charge is -2.35. The lowest BCUT2D eigenvalue weighted by atomic mass is 9.85. The van der Waals surface area contributed by atoms with Crippen molar-refractivity contribution < 1.29 is 0 Å². The van der Waals surface area contributed by atoms with Gasteiger partial charge in [0.2, 0.25) is 0 Å². The van der Waals surface area contributed by atoms with Crippen molar-refractivity contribution in [1.29, 1.82) is 0 Å². The average Bonchev–Trinajstić information content (AvgIpc) is 2.95. The van der Waals surface area contributed by atoms with Gasteiger partial charge in [0.25, 0.3) is 0 Å². The van der Waals surface area contributed by atoms with Gasteiger partial charge < -0.3 is 31.9 Å². The van der Waals surface area contributed by atoms with E-state index in [-0.39, 0.29) is 0 Å². The molecular formula is C28H48N8S2. The first-order chi connectivity index (χ1) is 18.6. The largest absolute Gasteiger partial charge is 0.374 e. The normalized spacial score (nSPS) is 33.9. The van der Waals surface area contributed by atoms with Crippen molar-refractivity contribution in [1.82, 2.24) is 31.9 Å². The predicted octanol–water partition coefficient (Wildman–Crippen LogP) is 3.13. The highest BCUT2D eigenvalue weighted by molar-refractivity contribution is 7.80. The van der Waals surface area contributed by atoms with Crippen LogP contribution in [0.1, 0.15) is 89.9 Å². The summed E-state index contributed by atoms with van der Waals surface area (Å²) in [5, 5.41) is 23.2. The molecule has 0 saturated heterocycles. The van der Waals surface area contributed by atoms with Crippen LogP contribution in [0.5, 0.6) is 0 Å². The van der Waals surface area contributed by atoms with E-state index in [1.807, 2.05) is 0 Å². The van der Waals surface area contributed by atoms with Gasteiger partial charge in [0.1, 0.15) is 0 Å². The number of aliphatic imine (C=N–C) groups is 2. The highest BCUT2D eigenvalue weighted by atomic mass is 32.1. The number of nitrogens with zero attached hydrogens (tertiary/aromatic N) is 2. The molecule has 5 aliphatic rings. The predicted molar refractivity (Wildman–Crippen MR) is 165 cm³/mol. The van der Waals surface area contributed by atoms with Gasteiger partial charge in [0, 0.05) is 62.2 Å². The molecule has 0 spiro atoms. The Morgan fingerprint density at radius 1 is 0.553 bits per heavy atom. The van der Waals surface area contributed by atoms with Crippen molar-refractivity contribution in [3.63, 3.8) is 0 Å². The molecule has 0 aromatic heterocycles. The Morgan fingerprint density at radius 2 is 0.974 bits per heavy atom. The molecule has 0 aromatic carbocycles. The molecule has 5 rings (SSSR count). The summed E-state index contributed by atoms with van der Waals surface area (Å²) in [6.07, 6.45) is 16.3. The molecule has 3 fully saturated rings. The standard InChI is InChI=1S/C28H48N8S2/c37-27(33-21-10-6-19(7-11-21)25-29-14-2-15-30-25)35-23-4-1-5-24(18-23)36-28(38)34-22-12-8-20(9-13-22)26-31-16-3-17-32-26/h19-24H,1-18H2,(H,29,30)(H,31,32)(H2,33,35,37)(H2,34,36,38). The van der Waals surface area contributed by atoms with Crippen molar-refractivity contribution >= 4 is 46.3 Å². The fourth-order valence-electron chi connectivity index (χ4n) is 6.95. The zero-order chi connectivity index (χ0) is 26.2. The topological polar surface area (TPSA) is 96.9 Å². The summed E-state index contributed by atoms with van der Waals surface area (Å²) in [6.45, 7) is 4.14. The van der Waals surface area contributed by atoms with E-state index in [0.29, 0.717) is 36.0 Å². The zero-order valence-corrected chi connectivity index (χ0v) is 24.5. The van der Waals surface area contributed by atoms with Crippen LogP contribution >= 0.6 is 24.4 Å². The van der Waals surface area contributed by atoms with E-state index in [4.69, 9.17) is 34.4 Å². The maximum Gasteiger partial charge on any atom is 0.166 e. The smallest absolute Gasteiger partial charge is 0.166 e. The molecule has 2 atom stereocenters. The van der Waals surface area contributed by atoms with Gasteiger partial charge in [-0.15, -0.1) is 0 Å². The molecule has 3 aliphatic carbocycles. The Hall–Kier alpha value is -1.68. The lowest BCUT2D eigenvalue weighted by molar-refractivity contribution is 0.335. The van der Waals surface area contributed by atoms with Gasteiger partial charge >= 0.3 is 0 Å². The number of nitrogens with one attached hydrogen (secondary N) is 6. The molecule has 2 aliphatic heterocycles. The third kappa shape index (κ3) is 8.16. The molecule has 3 saturated carbocycles. The van der Waals surface area contributed by atoms with Crippen LogP contribution in [-0.4, -0.2) is 72.2 Å². The fraction of sp³-hybridized carbons (Fsp3) is 0.857. The van der Waals surface area contributed by atoms with Crippen LogP contribution in [0.15, 0.2) is 9.98 Å². The van der Waals surface area contributed by atoms with Gasteiger partial charge in [-0.05, 0) is 114 Å². The van der Waals surface area contributed by atoms with Crippen LogP contribution in [0.25, 0.3) is 0 Å². The first kappa shape index (κ1) is 27.9. The number of rotatable bonds is 6. The molecule has 10 heteroatoms. The van der Waals surface area contributed by atoms with E-state index in [1.165, 1.54) is 56.6 Å². The van der Waals surface area contributed by atoms with Gasteiger partial charge in [-0.25, -0.2) is 0 Å². The van der Waals surface area contributed by atoms with Crippen molar-refractivity contribution in [2.45, 2.75) is 114 Å². The minimum Gasteiger partial charge on any atom is -0.374 e. The second kappa shape index (κ2) is 14.1. The molecule has 8 nitrogen and oxygen atoms in total. The second-order valence-electron chi connectivity index (χ2n) is 12.0. The maximum absolute atomic E-state index is 5.73. The summed E-state index contributed by atoms with van der Waals surface area (Å²) in [7, 11) is 0. The van der Waals surface area contributed by atoms with E-state index in [0.717, 1.165) is 81.3 Å². The van der Waals surface area contributed by atoms with Gasteiger partial charge in [-0.2, -0.15) is 0 Å². The molecule has 2 unspecified atom stereocenters. The minimum absolute atomic E-state index is 0.403. The first-order valence-corrected chi connectivity index (χ1v) is 16.1. The number of amidine groups is 2. The summed E-state index contributed by atoms with van der Waals surface area (Å²) < 4.78 is 0. The van der Waals surface area contributed by atoms with E-state index in [9.17, 15) is 0 Å². The average molecular weight is 561 g/mol. The van der Waals surface area contributed by atoms with Crippen molar-refractivity contribution in [3.8, 4) is 0 Å². The Morgan fingerprint density at radius 3 is 1.37 bits per heavy atom. The molecule has 212 valence electrons. The highest BCUT2D eigenvalue weighted by Gasteiger charge is 2.29. The SMILES string of the molecule is S=C(NC1CCC(C2=NCCCN2)CC1)NC1CCCC(NC(=S)NC2CCC(C3=NCCCN3)CC2)C1. The summed E-state index contributed by atoms with van der Waals surface area (Å²) in [5.41, 5.74) is 0. The van der Waals surface area contributed by atoms with Crippen LogP contribution in [0.3, 0.4) is 0 Å². The van der Waals surface area contributed by atoms with E-state index in [1.54, 1.807) is 0 Å². The van der Waals surface area contributed by atoms with Gasteiger partial charge in [0.15, 0.2) is 10.2 Å². The van der Waals surface area contributed by atoms with Crippen LogP contribution < -0.4 is 31.9 Å². The van der Waals surface area contributed by atoms with Crippen LogP contribution in [0.2, 0.25) is 0 Å². The Kier molecular flexibility index (Phi) is 10.3. The van der Waals surface area contributed by atoms with Crippen molar-refractivity contribution in [2.24, 2.45) is 21.8 Å². The Balaban J connectivity index is 0.972. The molecule has 0 aromatic rings. The summed E-state index contributed by atoms with van der Waals surface area (Å²) >= 11 is 11.5. The molecule has 0 amide bonds. The molecular weight excluding hydrogens is 512 g/mol. The van der Waals surface area contributed by atoms with Gasteiger partial charge in [-0.3, -0.25) is 9.98 Å². The highest BCUT2D eigenvalue weighted by Crippen LogP contribution is 2.27. The summed E-state index contributed by atoms with van der Waals surface area (Å²) in [6, 6.07) is 1.75. The van der Waals surface area contributed by atoms with Crippen molar-refractivity contribution in [2.75, 3.05) is 26.2 Å². The fourth-order valence-corrected chi connectivity index (χ4v) is 7.61. The second-order valence-corrected chi connectivity index (χ2v) is 12.8. The van der Waals surface area contributed by atoms with E-state index in [2.05, 4.69) is 31.9 Å². The monoisotopic (exact) mass is 560 g/mol. The quantitative estimate of drug-likeness (QED) is 0.276. The minimum atomic E-state index is 0.403. The van der Waals surface area contributed by atoms with Crippen LogP contribution in [0, 0.1) is 11.8 Å². The van der Waals surface area contributed by atoms with Crippen LogP contribution in [0.4, 0.5) is 0 Å². The third-order valence-electron chi connectivity index (χ3n) is 9.09. The zero-order valence-electron chi connectivity index (χ0n) is 22.9. The lowest BCUT2D eigenvalue weighted by Crippen LogP contribution is -2.53. The number of hydrogen-bond donors (Lipinski definition) is 6. The summed E-state index contributed by atoms with van der Waals surface area (Å²) in [5.74, 6) is 3.72. The van der Waals surface area contributed by atoms with Crippen LogP contribution in [-0.2, 0) is 0 Å². The number of hydrogen-bond acceptors (Lipinski definition) is 6. The maximum atomic E-state index is 5.73. The molecule has 0 radical (unpaired) electrons. The number of thiocarbonyl (C=S) groups is 2. The van der Waals surface area contributed by atoms with Gasteiger partial charge in [0.05, 0.1) is 11.7 Å². The Bertz CT molecular complexity index is 793. The molecule has 38 heavy (non-hydrogen) atoms. The van der Waals surface area contributed by atoms with E-state index >= 15 is 0 Å². The molecule has 6 N–H and O–H groups in total. The molecule has 2 heterocycles. The van der Waals surface area contributed by atoms with E-state index < -0.39 is 0 Å². The first-order valence-electron chi connectivity index (χ1n) is 15.3. The summed E-state index contributed by atoms with van der Waals surface area (Å²) in [4.78, 5) is 9.44. The van der Waals surface area contributed by atoms with Crippen molar-refractivity contribution in [3.05, 3.63) is 0 Å². The Labute approximate surface area is 239 Å². The van der Waals surface area contributed by atoms with Gasteiger partial charge in [-0.1, -0.05) is 0 Å². The molecule has 0 bridgehead atoms.